The van der Waals surface area contributed by atoms with E-state index in [4.69, 9.17) is 20.2 Å². The molecule has 1 aliphatic rings. The Morgan fingerprint density at radius 1 is 1.31 bits per heavy atom. The summed E-state index contributed by atoms with van der Waals surface area (Å²) in [5, 5.41) is 14.7. The third-order valence-corrected chi connectivity index (χ3v) is 4.81. The molecule has 0 bridgehead atoms. The fraction of sp³-hybridized carbons (Fsp3) is 0.421. The van der Waals surface area contributed by atoms with Crippen LogP contribution >= 0.6 is 0 Å². The van der Waals surface area contributed by atoms with Gasteiger partial charge >= 0.3 is 12.1 Å². The molecule has 172 valence electrons. The van der Waals surface area contributed by atoms with Gasteiger partial charge in [0.25, 0.3) is 5.91 Å². The molecule has 0 saturated heterocycles. The number of aromatic nitrogens is 4. The lowest BCUT2D eigenvalue weighted by atomic mass is 10.0. The van der Waals surface area contributed by atoms with Crippen molar-refractivity contribution < 1.29 is 32.4 Å². The van der Waals surface area contributed by atoms with Crippen LogP contribution in [-0.2, 0) is 4.79 Å². The highest BCUT2D eigenvalue weighted by Gasteiger charge is 2.38. The number of nitrogens with two attached hydrogens (primary N) is 1. The number of nitrogens with zero attached hydrogens (tertiary/aromatic N) is 4. The fourth-order valence-corrected chi connectivity index (χ4v) is 3.14. The number of hydrogen-bond acceptors (Lipinski definition) is 7. The minimum absolute atomic E-state index is 0.170. The second-order valence-electron chi connectivity index (χ2n) is 7.43. The third-order valence-electron chi connectivity index (χ3n) is 4.81. The average molecular weight is 454 g/mol. The van der Waals surface area contributed by atoms with Crippen molar-refractivity contribution in [3.63, 3.8) is 0 Å². The lowest BCUT2D eigenvalue weighted by molar-refractivity contribution is -0.192. The second kappa shape index (κ2) is 8.48. The van der Waals surface area contributed by atoms with E-state index in [9.17, 15) is 18.0 Å². The van der Waals surface area contributed by atoms with Crippen molar-refractivity contribution in [1.29, 1.82) is 0 Å². The highest BCUT2D eigenvalue weighted by molar-refractivity contribution is 6.07. The largest absolute Gasteiger partial charge is 0.490 e. The molecule has 32 heavy (non-hydrogen) atoms. The number of rotatable bonds is 4. The van der Waals surface area contributed by atoms with Gasteiger partial charge in [-0.3, -0.25) is 4.79 Å². The summed E-state index contributed by atoms with van der Waals surface area (Å²) in [6.07, 6.45) is 0.301. The molecule has 3 aromatic heterocycles. The topological polar surface area (TPSA) is 149 Å². The van der Waals surface area contributed by atoms with Crippen LogP contribution in [0.1, 0.15) is 54.8 Å². The van der Waals surface area contributed by atoms with Gasteiger partial charge in [0.05, 0.1) is 5.39 Å². The molecule has 4 rings (SSSR count). The van der Waals surface area contributed by atoms with Gasteiger partial charge in [0.2, 0.25) is 0 Å². The van der Waals surface area contributed by atoms with Gasteiger partial charge in [0.1, 0.15) is 29.0 Å². The van der Waals surface area contributed by atoms with Crippen molar-refractivity contribution in [2.45, 2.75) is 44.8 Å². The van der Waals surface area contributed by atoms with Crippen LogP contribution in [0.5, 0.6) is 0 Å². The molecule has 3 aromatic rings. The number of anilines is 1. The van der Waals surface area contributed by atoms with Crippen LogP contribution in [0.3, 0.4) is 0 Å². The minimum Gasteiger partial charge on any atom is -0.475 e. The maximum absolute atomic E-state index is 12.5. The molecule has 0 radical (unpaired) electrons. The predicted octanol–water partition coefficient (Wildman–Crippen LogP) is 3.12. The summed E-state index contributed by atoms with van der Waals surface area (Å²) < 4.78 is 39.3. The molecular formula is C19H21F3N6O4. The summed E-state index contributed by atoms with van der Waals surface area (Å²) in [6, 6.07) is 0.170. The molecule has 0 atom stereocenters. The van der Waals surface area contributed by atoms with E-state index in [1.54, 1.807) is 7.05 Å². The summed E-state index contributed by atoms with van der Waals surface area (Å²) in [5.41, 5.74) is 8.53. The maximum Gasteiger partial charge on any atom is 0.490 e. The van der Waals surface area contributed by atoms with E-state index in [1.807, 2.05) is 10.8 Å². The van der Waals surface area contributed by atoms with Crippen molar-refractivity contribution in [2.24, 2.45) is 0 Å². The predicted molar refractivity (Wildman–Crippen MR) is 107 cm³/mol. The number of carboxylic acids is 1. The Kier molecular flexibility index (Phi) is 6.10. The van der Waals surface area contributed by atoms with Gasteiger partial charge in [-0.05, 0) is 26.7 Å². The van der Waals surface area contributed by atoms with Crippen LogP contribution in [-0.4, -0.2) is 49.9 Å². The lowest BCUT2D eigenvalue weighted by Crippen LogP contribution is -2.21. The van der Waals surface area contributed by atoms with Crippen molar-refractivity contribution in [2.75, 3.05) is 12.8 Å². The molecule has 13 heteroatoms. The number of nitrogens with one attached hydrogen (secondary N) is 1. The van der Waals surface area contributed by atoms with Crippen molar-refractivity contribution >= 4 is 28.7 Å². The Morgan fingerprint density at radius 2 is 1.94 bits per heavy atom. The number of alkyl halides is 3. The average Bonchev–Trinajstić information content (AvgIpc) is 3.33. The van der Waals surface area contributed by atoms with Crippen molar-refractivity contribution in [3.05, 3.63) is 23.8 Å². The molecule has 0 aliphatic heterocycles. The number of carbonyl (C=O) groups is 2. The van der Waals surface area contributed by atoms with Crippen LogP contribution in [0.2, 0.25) is 0 Å². The van der Waals surface area contributed by atoms with Crippen LogP contribution in [0.4, 0.5) is 19.0 Å². The molecule has 0 aromatic carbocycles. The third kappa shape index (κ3) is 4.36. The second-order valence-corrected chi connectivity index (χ2v) is 7.43. The zero-order chi connectivity index (χ0) is 23.8. The monoisotopic (exact) mass is 454 g/mol. The molecule has 1 fully saturated rings. The van der Waals surface area contributed by atoms with Gasteiger partial charge in [0.15, 0.2) is 5.76 Å². The number of aliphatic carboxylic acids is 1. The van der Waals surface area contributed by atoms with Gasteiger partial charge in [-0.25, -0.2) is 14.8 Å². The number of fused-ring (bicyclic) bond motifs is 1. The molecule has 1 aliphatic carbocycles. The van der Waals surface area contributed by atoms with E-state index in [1.165, 1.54) is 6.33 Å². The minimum atomic E-state index is -5.08. The summed E-state index contributed by atoms with van der Waals surface area (Å²) in [4.78, 5) is 29.9. The van der Waals surface area contributed by atoms with Crippen LogP contribution in [0.15, 0.2) is 17.0 Å². The van der Waals surface area contributed by atoms with E-state index in [-0.39, 0.29) is 17.9 Å². The molecule has 3 heterocycles. The Bertz CT molecular complexity index is 1160. The van der Waals surface area contributed by atoms with Gasteiger partial charge in [-0.15, -0.1) is 0 Å². The van der Waals surface area contributed by atoms with Crippen molar-refractivity contribution in [1.82, 2.24) is 25.0 Å². The lowest BCUT2D eigenvalue weighted by Gasteiger charge is -2.07. The van der Waals surface area contributed by atoms with E-state index < -0.39 is 12.1 Å². The standard InChI is InChI=1S/C17H20N6O2.C2HF3O2/c1-8(2)23-6-10(11-15(18)20-7-21-16(11)23)13-12(17(24)19-3)14(25-22-13)9-4-5-9;3-2(4,5)1(6)7/h6-9H,4-5H2,1-3H3,(H,19,24)(H2,18,20,21);(H,6,7). The maximum atomic E-state index is 12.5. The van der Waals surface area contributed by atoms with Crippen molar-refractivity contribution in [3.8, 4) is 11.3 Å². The summed E-state index contributed by atoms with van der Waals surface area (Å²) in [7, 11) is 1.60. The number of nitrogen functional groups attached to an aromatic ring is 1. The Hall–Kier alpha value is -3.64. The first kappa shape index (κ1) is 23.0. The Labute approximate surface area is 179 Å². The number of amides is 1. The molecule has 10 nitrogen and oxygen atoms in total. The fourth-order valence-electron chi connectivity index (χ4n) is 3.14. The Morgan fingerprint density at radius 3 is 2.44 bits per heavy atom. The molecular weight excluding hydrogens is 433 g/mol. The number of carbonyl (C=O) groups excluding carboxylic acids is 1. The highest BCUT2D eigenvalue weighted by atomic mass is 19.4. The van der Waals surface area contributed by atoms with Gasteiger partial charge in [0, 0.05) is 30.8 Å². The molecule has 1 amide bonds. The first-order valence-corrected chi connectivity index (χ1v) is 9.60. The zero-order valence-electron chi connectivity index (χ0n) is 17.4. The first-order chi connectivity index (χ1) is 15.0. The van der Waals surface area contributed by atoms with Gasteiger partial charge < -0.3 is 25.2 Å². The molecule has 0 spiro atoms. The Balaban J connectivity index is 0.000000360. The van der Waals surface area contributed by atoms with Crippen LogP contribution in [0, 0.1) is 0 Å². The molecule has 4 N–H and O–H groups in total. The summed E-state index contributed by atoms with van der Waals surface area (Å²) in [5.74, 6) is -1.69. The molecule has 0 unspecified atom stereocenters. The van der Waals surface area contributed by atoms with Crippen LogP contribution < -0.4 is 11.1 Å². The molecule has 1 saturated carbocycles. The quantitative estimate of drug-likeness (QED) is 0.544. The van der Waals surface area contributed by atoms with E-state index in [0.717, 1.165) is 24.1 Å². The smallest absolute Gasteiger partial charge is 0.475 e. The van der Waals surface area contributed by atoms with Crippen LogP contribution in [0.25, 0.3) is 22.3 Å². The highest BCUT2D eigenvalue weighted by Crippen LogP contribution is 2.45. The van der Waals surface area contributed by atoms with E-state index in [2.05, 4.69) is 34.3 Å². The van der Waals surface area contributed by atoms with E-state index >= 15 is 0 Å². The van der Waals surface area contributed by atoms with E-state index in [0.29, 0.717) is 28.2 Å². The van der Waals surface area contributed by atoms with Gasteiger partial charge in [-0.2, -0.15) is 13.2 Å². The SMILES string of the molecule is CNC(=O)c1c(-c2cn(C(C)C)c3ncnc(N)c23)noc1C1CC1.O=C(O)C(F)(F)F. The zero-order valence-corrected chi connectivity index (χ0v) is 17.4. The number of carboxylic acid groups (broad SMARTS) is 1. The first-order valence-electron chi connectivity index (χ1n) is 9.60. The number of halogens is 3. The summed E-state index contributed by atoms with van der Waals surface area (Å²) in [6.45, 7) is 4.11. The normalized spacial score (nSPS) is 13.7. The van der Waals surface area contributed by atoms with Gasteiger partial charge in [-0.1, -0.05) is 5.16 Å². The number of hydrogen-bond donors (Lipinski definition) is 3. The summed E-state index contributed by atoms with van der Waals surface area (Å²) >= 11 is 0.